The molecule has 1 atom stereocenters. The summed E-state index contributed by atoms with van der Waals surface area (Å²) < 4.78 is 0. The highest BCUT2D eigenvalue weighted by Gasteiger charge is 2.32. The van der Waals surface area contributed by atoms with Crippen LogP contribution >= 0.6 is 11.3 Å². The second-order valence-electron chi connectivity index (χ2n) is 7.40. The molecule has 2 aliphatic rings. The predicted molar refractivity (Wildman–Crippen MR) is 88.1 cm³/mol. The fourth-order valence-electron chi connectivity index (χ4n) is 3.47. The first-order valence-corrected chi connectivity index (χ1v) is 8.94. The van der Waals surface area contributed by atoms with Crippen molar-refractivity contribution >= 4 is 17.2 Å². The molecule has 1 aliphatic carbocycles. The van der Waals surface area contributed by atoms with Crippen LogP contribution in [0.15, 0.2) is 5.38 Å². The van der Waals surface area contributed by atoms with Gasteiger partial charge in [-0.1, -0.05) is 20.8 Å². The number of amides is 1. The van der Waals surface area contributed by atoms with Gasteiger partial charge in [0, 0.05) is 36.4 Å². The molecular formula is C17H26N2OS. The second-order valence-corrected chi connectivity index (χ2v) is 8.36. The number of nitrogens with one attached hydrogen (secondary N) is 1. The summed E-state index contributed by atoms with van der Waals surface area (Å²) in [5.41, 5.74) is 2.71. The molecule has 1 saturated heterocycles. The minimum atomic E-state index is 0.253. The van der Waals surface area contributed by atoms with Crippen molar-refractivity contribution in [1.29, 1.82) is 0 Å². The van der Waals surface area contributed by atoms with Crippen molar-refractivity contribution < 1.29 is 4.79 Å². The van der Waals surface area contributed by atoms with Crippen molar-refractivity contribution in [2.75, 3.05) is 26.2 Å². The van der Waals surface area contributed by atoms with Crippen molar-refractivity contribution in [3.05, 3.63) is 21.4 Å². The summed E-state index contributed by atoms with van der Waals surface area (Å²) in [5, 5.41) is 5.42. The zero-order valence-electron chi connectivity index (χ0n) is 13.4. The fraction of sp³-hybridized carbons (Fsp3) is 0.706. The standard InChI is InChI=1S/C17H26N2OS/c1-17(2,3)12-4-5-13-14(11-21-15(13)10-12)16(20)19-8-6-18-7-9-19/h11-12,18H,4-10H2,1-3H3. The lowest BCUT2D eigenvalue weighted by Crippen LogP contribution is -2.46. The summed E-state index contributed by atoms with van der Waals surface area (Å²) in [7, 11) is 0. The molecule has 1 N–H and O–H groups in total. The zero-order chi connectivity index (χ0) is 15.0. The van der Waals surface area contributed by atoms with Crippen molar-refractivity contribution in [1.82, 2.24) is 10.2 Å². The maximum absolute atomic E-state index is 12.7. The zero-order valence-corrected chi connectivity index (χ0v) is 14.2. The number of hydrogen-bond acceptors (Lipinski definition) is 3. The third-order valence-corrected chi connectivity index (χ3v) is 6.07. The van der Waals surface area contributed by atoms with Gasteiger partial charge in [-0.15, -0.1) is 11.3 Å². The third-order valence-electron chi connectivity index (χ3n) is 5.01. The maximum atomic E-state index is 12.7. The van der Waals surface area contributed by atoms with Crippen LogP contribution in [0.1, 0.15) is 48.0 Å². The summed E-state index contributed by atoms with van der Waals surface area (Å²) in [6.07, 6.45) is 3.45. The highest BCUT2D eigenvalue weighted by atomic mass is 32.1. The molecule has 1 aromatic rings. The minimum absolute atomic E-state index is 0.253. The number of carbonyl (C=O) groups is 1. The van der Waals surface area contributed by atoms with Crippen LogP contribution in [0.3, 0.4) is 0 Å². The van der Waals surface area contributed by atoms with Gasteiger partial charge in [0.25, 0.3) is 5.91 Å². The lowest BCUT2D eigenvalue weighted by Gasteiger charge is -2.34. The quantitative estimate of drug-likeness (QED) is 0.865. The Balaban J connectivity index is 1.78. The van der Waals surface area contributed by atoms with Gasteiger partial charge in [-0.25, -0.2) is 0 Å². The van der Waals surface area contributed by atoms with Crippen LogP contribution in [0.4, 0.5) is 0 Å². The number of piperazine rings is 1. The molecule has 1 aromatic heterocycles. The van der Waals surface area contributed by atoms with E-state index in [1.807, 2.05) is 4.90 Å². The Hall–Kier alpha value is -0.870. The Bertz CT molecular complexity index is 523. The topological polar surface area (TPSA) is 32.3 Å². The van der Waals surface area contributed by atoms with E-state index in [-0.39, 0.29) is 5.91 Å². The Labute approximate surface area is 131 Å². The molecular weight excluding hydrogens is 280 g/mol. The van der Waals surface area contributed by atoms with Crippen LogP contribution in [-0.2, 0) is 12.8 Å². The number of thiophene rings is 1. The van der Waals surface area contributed by atoms with Crippen molar-refractivity contribution in [3.8, 4) is 0 Å². The number of rotatable bonds is 1. The monoisotopic (exact) mass is 306 g/mol. The molecule has 0 spiro atoms. The Morgan fingerprint density at radius 3 is 2.71 bits per heavy atom. The normalized spacial score (nSPS) is 23.0. The predicted octanol–water partition coefficient (Wildman–Crippen LogP) is 2.94. The van der Waals surface area contributed by atoms with Crippen LogP contribution in [-0.4, -0.2) is 37.0 Å². The van der Waals surface area contributed by atoms with E-state index in [9.17, 15) is 4.79 Å². The third kappa shape index (κ3) is 3.02. The van der Waals surface area contributed by atoms with E-state index < -0.39 is 0 Å². The summed E-state index contributed by atoms with van der Waals surface area (Å²) >= 11 is 1.80. The molecule has 4 heteroatoms. The average Bonchev–Trinajstić information content (AvgIpc) is 2.89. The van der Waals surface area contributed by atoms with Gasteiger partial charge in [0.2, 0.25) is 0 Å². The van der Waals surface area contributed by atoms with E-state index in [1.54, 1.807) is 11.3 Å². The Morgan fingerprint density at radius 2 is 2.05 bits per heavy atom. The van der Waals surface area contributed by atoms with Crippen molar-refractivity contribution in [2.45, 2.75) is 40.0 Å². The van der Waals surface area contributed by atoms with E-state index in [4.69, 9.17) is 0 Å². The first-order valence-electron chi connectivity index (χ1n) is 8.06. The van der Waals surface area contributed by atoms with Crippen LogP contribution in [0, 0.1) is 11.3 Å². The lowest BCUT2D eigenvalue weighted by atomic mass is 9.72. The smallest absolute Gasteiger partial charge is 0.255 e. The second kappa shape index (κ2) is 5.73. The Morgan fingerprint density at radius 1 is 1.33 bits per heavy atom. The molecule has 1 amide bonds. The molecule has 0 aromatic carbocycles. The van der Waals surface area contributed by atoms with Gasteiger partial charge >= 0.3 is 0 Å². The van der Waals surface area contributed by atoms with E-state index >= 15 is 0 Å². The molecule has 3 rings (SSSR count). The summed E-state index contributed by atoms with van der Waals surface area (Å²) in [6, 6.07) is 0. The summed E-state index contributed by atoms with van der Waals surface area (Å²) in [5.74, 6) is 0.994. The number of hydrogen-bond donors (Lipinski definition) is 1. The average molecular weight is 306 g/mol. The molecule has 3 nitrogen and oxygen atoms in total. The molecule has 1 unspecified atom stereocenters. The molecule has 0 bridgehead atoms. The van der Waals surface area contributed by atoms with Gasteiger partial charge in [0.15, 0.2) is 0 Å². The van der Waals surface area contributed by atoms with E-state index in [2.05, 4.69) is 31.5 Å². The molecule has 1 fully saturated rings. The number of nitrogens with zero attached hydrogens (tertiary/aromatic N) is 1. The van der Waals surface area contributed by atoms with Gasteiger partial charge < -0.3 is 10.2 Å². The largest absolute Gasteiger partial charge is 0.336 e. The highest BCUT2D eigenvalue weighted by molar-refractivity contribution is 7.10. The first kappa shape index (κ1) is 15.0. The van der Waals surface area contributed by atoms with Crippen molar-refractivity contribution in [2.24, 2.45) is 11.3 Å². The molecule has 1 aliphatic heterocycles. The fourth-order valence-corrected chi connectivity index (χ4v) is 4.62. The summed E-state index contributed by atoms with van der Waals surface area (Å²) in [6.45, 7) is 10.5. The molecule has 116 valence electrons. The van der Waals surface area contributed by atoms with Crippen LogP contribution in [0.5, 0.6) is 0 Å². The van der Waals surface area contributed by atoms with Crippen LogP contribution < -0.4 is 5.32 Å². The first-order chi connectivity index (χ1) is 9.97. The van der Waals surface area contributed by atoms with Crippen molar-refractivity contribution in [3.63, 3.8) is 0 Å². The Kier molecular flexibility index (Phi) is 4.10. The number of carbonyl (C=O) groups excluding carboxylic acids is 1. The SMILES string of the molecule is CC(C)(C)C1CCc2c(C(=O)N3CCNCC3)csc2C1. The minimum Gasteiger partial charge on any atom is -0.336 e. The van der Waals surface area contributed by atoms with E-state index in [0.29, 0.717) is 5.41 Å². The van der Waals surface area contributed by atoms with Crippen LogP contribution in [0.2, 0.25) is 0 Å². The highest BCUT2D eigenvalue weighted by Crippen LogP contribution is 2.40. The van der Waals surface area contributed by atoms with Gasteiger partial charge in [-0.05, 0) is 36.2 Å². The molecule has 21 heavy (non-hydrogen) atoms. The van der Waals surface area contributed by atoms with Gasteiger partial charge in [0.05, 0.1) is 5.56 Å². The van der Waals surface area contributed by atoms with Gasteiger partial charge in [-0.2, -0.15) is 0 Å². The number of fused-ring (bicyclic) bond motifs is 1. The van der Waals surface area contributed by atoms with Gasteiger partial charge in [0.1, 0.15) is 0 Å². The molecule has 2 heterocycles. The lowest BCUT2D eigenvalue weighted by molar-refractivity contribution is 0.0734. The molecule has 0 saturated carbocycles. The maximum Gasteiger partial charge on any atom is 0.255 e. The van der Waals surface area contributed by atoms with E-state index in [1.165, 1.54) is 16.9 Å². The summed E-state index contributed by atoms with van der Waals surface area (Å²) in [4.78, 5) is 16.2. The molecule has 0 radical (unpaired) electrons. The van der Waals surface area contributed by atoms with E-state index in [0.717, 1.165) is 50.5 Å². The van der Waals surface area contributed by atoms with Gasteiger partial charge in [-0.3, -0.25) is 4.79 Å². The van der Waals surface area contributed by atoms with Crippen LogP contribution in [0.25, 0.3) is 0 Å².